The average Bonchev–Trinajstić information content (AvgIpc) is 2.73. The minimum absolute atomic E-state index is 0.402. The molecule has 1 unspecified atom stereocenters. The fourth-order valence-electron chi connectivity index (χ4n) is 1.60. The Morgan fingerprint density at radius 3 is 2.20 bits per heavy atom. The van der Waals surface area contributed by atoms with E-state index in [0.717, 1.165) is 0 Å². The smallest absolute Gasteiger partial charge is 0.219 e. The first-order valence-corrected chi connectivity index (χ1v) is 8.25. The normalized spacial score (nSPS) is 23.3. The van der Waals surface area contributed by atoms with Gasteiger partial charge in [0.05, 0.1) is 12.1 Å². The SMILES string of the molecule is CC1(C)CC1CO[Si](C)(C)C(C#N)C#N. The molecule has 0 aromatic rings. The van der Waals surface area contributed by atoms with E-state index in [0.29, 0.717) is 17.9 Å². The van der Waals surface area contributed by atoms with Crippen molar-refractivity contribution in [3.05, 3.63) is 0 Å². The predicted octanol–water partition coefficient (Wildman–Crippen LogP) is 2.67. The number of hydrogen-bond donors (Lipinski definition) is 0. The van der Waals surface area contributed by atoms with Gasteiger partial charge in [-0.1, -0.05) is 13.8 Å². The maximum atomic E-state index is 8.83. The van der Waals surface area contributed by atoms with E-state index < -0.39 is 13.9 Å². The number of nitrogens with zero attached hydrogens (tertiary/aromatic N) is 2. The number of hydrogen-bond acceptors (Lipinski definition) is 3. The molecular weight excluding hydrogens is 204 g/mol. The molecule has 15 heavy (non-hydrogen) atoms. The van der Waals surface area contributed by atoms with Gasteiger partial charge in [0.2, 0.25) is 8.32 Å². The molecule has 1 rings (SSSR count). The molecule has 0 saturated heterocycles. The van der Waals surface area contributed by atoms with Crippen molar-refractivity contribution >= 4 is 8.32 Å². The summed E-state index contributed by atoms with van der Waals surface area (Å²) in [5.41, 5.74) is -0.154. The first-order chi connectivity index (χ1) is 6.83. The molecular formula is C11H18N2OSi. The second-order valence-corrected chi connectivity index (χ2v) is 9.57. The van der Waals surface area contributed by atoms with Gasteiger partial charge in [0.15, 0.2) is 0 Å². The van der Waals surface area contributed by atoms with Gasteiger partial charge in [0.1, 0.15) is 5.54 Å². The first kappa shape index (κ1) is 12.2. The standard InChI is InChI=1S/C11H18N2OSi/c1-11(2)5-9(11)8-14-15(3,4)10(6-12)7-13/h9-10H,5,8H2,1-4H3. The van der Waals surface area contributed by atoms with Crippen LogP contribution in [0.2, 0.25) is 18.6 Å². The molecule has 0 heterocycles. The topological polar surface area (TPSA) is 56.8 Å². The van der Waals surface area contributed by atoms with Gasteiger partial charge in [-0.15, -0.1) is 0 Å². The highest BCUT2D eigenvalue weighted by atomic mass is 28.4. The molecule has 82 valence electrons. The molecule has 1 aliphatic rings. The molecule has 0 N–H and O–H groups in total. The highest BCUT2D eigenvalue weighted by Crippen LogP contribution is 2.51. The van der Waals surface area contributed by atoms with Crippen molar-refractivity contribution in [2.45, 2.75) is 38.9 Å². The zero-order valence-corrected chi connectivity index (χ0v) is 10.9. The summed E-state index contributed by atoms with van der Waals surface area (Å²) in [6.07, 6.45) is 1.20. The Kier molecular flexibility index (Phi) is 3.23. The van der Waals surface area contributed by atoms with E-state index in [2.05, 4.69) is 13.8 Å². The molecule has 0 amide bonds. The molecule has 1 fully saturated rings. The van der Waals surface area contributed by atoms with E-state index in [4.69, 9.17) is 14.9 Å². The van der Waals surface area contributed by atoms with E-state index in [-0.39, 0.29) is 0 Å². The average molecular weight is 222 g/mol. The predicted molar refractivity (Wildman–Crippen MR) is 60.3 cm³/mol. The third-order valence-electron chi connectivity index (χ3n) is 3.33. The molecule has 1 aliphatic carbocycles. The summed E-state index contributed by atoms with van der Waals surface area (Å²) in [7, 11) is -2.14. The highest BCUT2D eigenvalue weighted by molar-refractivity contribution is 6.74. The van der Waals surface area contributed by atoms with Gasteiger partial charge in [-0.3, -0.25) is 0 Å². The van der Waals surface area contributed by atoms with E-state index in [1.165, 1.54) is 6.42 Å². The van der Waals surface area contributed by atoms with E-state index in [1.54, 1.807) is 0 Å². The fraction of sp³-hybridized carbons (Fsp3) is 0.818. The second kappa shape index (κ2) is 3.96. The highest BCUT2D eigenvalue weighted by Gasteiger charge is 2.47. The van der Waals surface area contributed by atoms with Crippen LogP contribution in [-0.2, 0) is 4.43 Å². The maximum Gasteiger partial charge on any atom is 0.219 e. The lowest BCUT2D eigenvalue weighted by Gasteiger charge is -2.23. The van der Waals surface area contributed by atoms with Crippen LogP contribution in [-0.4, -0.2) is 14.9 Å². The van der Waals surface area contributed by atoms with Crippen LogP contribution >= 0.6 is 0 Å². The molecule has 0 aliphatic heterocycles. The molecule has 1 saturated carbocycles. The van der Waals surface area contributed by atoms with E-state index >= 15 is 0 Å². The third kappa shape index (κ3) is 2.81. The molecule has 3 nitrogen and oxygen atoms in total. The molecule has 0 aromatic heterocycles. The Balaban J connectivity index is 2.45. The Morgan fingerprint density at radius 2 is 1.87 bits per heavy atom. The number of rotatable bonds is 4. The second-order valence-electron chi connectivity index (χ2n) is 5.50. The van der Waals surface area contributed by atoms with Crippen LogP contribution in [0.5, 0.6) is 0 Å². The van der Waals surface area contributed by atoms with Crippen molar-refractivity contribution in [2.75, 3.05) is 6.61 Å². The summed E-state index contributed by atoms with van der Waals surface area (Å²) < 4.78 is 5.83. The van der Waals surface area contributed by atoms with Crippen LogP contribution < -0.4 is 0 Å². The van der Waals surface area contributed by atoms with Crippen LogP contribution in [0.15, 0.2) is 0 Å². The molecule has 1 atom stereocenters. The minimum atomic E-state index is -2.14. The lowest BCUT2D eigenvalue weighted by molar-refractivity contribution is 0.269. The summed E-state index contributed by atoms with van der Waals surface area (Å²) in [6, 6.07) is 4.06. The van der Waals surface area contributed by atoms with Crippen molar-refractivity contribution in [2.24, 2.45) is 11.3 Å². The van der Waals surface area contributed by atoms with Gasteiger partial charge >= 0.3 is 0 Å². The first-order valence-electron chi connectivity index (χ1n) is 5.26. The van der Waals surface area contributed by atoms with Crippen LogP contribution in [0, 0.1) is 34.0 Å². The lowest BCUT2D eigenvalue weighted by atomic mass is 10.1. The number of nitriles is 2. The van der Waals surface area contributed by atoms with Gasteiger partial charge in [0.25, 0.3) is 0 Å². The monoisotopic (exact) mass is 222 g/mol. The quantitative estimate of drug-likeness (QED) is 0.687. The largest absolute Gasteiger partial charge is 0.415 e. The van der Waals surface area contributed by atoms with Crippen molar-refractivity contribution in [3.63, 3.8) is 0 Å². The minimum Gasteiger partial charge on any atom is -0.415 e. The lowest BCUT2D eigenvalue weighted by Crippen LogP contribution is -2.36. The van der Waals surface area contributed by atoms with Crippen molar-refractivity contribution < 1.29 is 4.43 Å². The summed E-state index contributed by atoms with van der Waals surface area (Å²) in [5, 5.41) is 17.7. The van der Waals surface area contributed by atoms with Gasteiger partial charge in [-0.25, -0.2) is 0 Å². The fourth-order valence-corrected chi connectivity index (χ4v) is 3.02. The Hall–Kier alpha value is -0.843. The van der Waals surface area contributed by atoms with E-state index in [1.807, 2.05) is 25.2 Å². The van der Waals surface area contributed by atoms with Gasteiger partial charge in [-0.2, -0.15) is 10.5 Å². The maximum absolute atomic E-state index is 8.83. The summed E-state index contributed by atoms with van der Waals surface area (Å²) in [5.74, 6) is 0.613. The summed E-state index contributed by atoms with van der Waals surface area (Å²) >= 11 is 0. The molecule has 0 spiro atoms. The third-order valence-corrected chi connectivity index (χ3v) is 5.89. The Labute approximate surface area is 92.8 Å². The van der Waals surface area contributed by atoms with Crippen molar-refractivity contribution in [1.29, 1.82) is 10.5 Å². The Morgan fingerprint density at radius 1 is 1.40 bits per heavy atom. The Bertz CT molecular complexity index is 310. The molecule has 0 aromatic carbocycles. The zero-order chi connectivity index (χ0) is 11.7. The van der Waals surface area contributed by atoms with Gasteiger partial charge < -0.3 is 4.43 Å². The van der Waals surface area contributed by atoms with E-state index in [9.17, 15) is 0 Å². The van der Waals surface area contributed by atoms with Crippen LogP contribution in [0.1, 0.15) is 20.3 Å². The van der Waals surface area contributed by atoms with Crippen molar-refractivity contribution in [1.82, 2.24) is 0 Å². The molecule has 4 heteroatoms. The summed E-state index contributed by atoms with van der Waals surface area (Å²) in [6.45, 7) is 9.05. The zero-order valence-electron chi connectivity index (χ0n) is 9.87. The van der Waals surface area contributed by atoms with Crippen LogP contribution in [0.3, 0.4) is 0 Å². The van der Waals surface area contributed by atoms with Gasteiger partial charge in [-0.05, 0) is 30.8 Å². The van der Waals surface area contributed by atoms with Crippen molar-refractivity contribution in [3.8, 4) is 12.1 Å². The molecule has 0 bridgehead atoms. The van der Waals surface area contributed by atoms with Crippen LogP contribution in [0.4, 0.5) is 0 Å². The van der Waals surface area contributed by atoms with Gasteiger partial charge in [0, 0.05) is 6.61 Å². The molecule has 0 radical (unpaired) electrons. The summed E-state index contributed by atoms with van der Waals surface area (Å²) in [4.78, 5) is 0. The van der Waals surface area contributed by atoms with Crippen LogP contribution in [0.25, 0.3) is 0 Å².